The lowest BCUT2D eigenvalue weighted by Gasteiger charge is -2.14. The Bertz CT molecular complexity index is 548. The molecule has 0 aliphatic carbocycles. The fourth-order valence-electron chi connectivity index (χ4n) is 1.98. The van der Waals surface area contributed by atoms with Gasteiger partial charge < -0.3 is 19.6 Å². The lowest BCUT2D eigenvalue weighted by atomic mass is 10.0. The molecule has 0 fully saturated rings. The maximum absolute atomic E-state index is 6.24. The zero-order valence-corrected chi connectivity index (χ0v) is 11.5. The molecule has 4 nitrogen and oxygen atoms in total. The molecular formula is C15H19NO3. The summed E-state index contributed by atoms with van der Waals surface area (Å²) in [6.07, 6.45) is 0.854. The standard InChI is InChI=1S/C15H19NO3/c1-4-10-6-8-13(19-10)15(16)12-7-5-11(17-2)9-14(12)18-3/h5-9,15H,4,16H2,1-3H3. The van der Waals surface area contributed by atoms with Crippen molar-refractivity contribution in [2.45, 2.75) is 19.4 Å². The predicted molar refractivity (Wildman–Crippen MR) is 73.7 cm³/mol. The number of benzene rings is 1. The number of ether oxygens (including phenoxy) is 2. The van der Waals surface area contributed by atoms with Crippen LogP contribution in [0.4, 0.5) is 0 Å². The van der Waals surface area contributed by atoms with Gasteiger partial charge in [-0.2, -0.15) is 0 Å². The van der Waals surface area contributed by atoms with Crippen LogP contribution < -0.4 is 15.2 Å². The summed E-state index contributed by atoms with van der Waals surface area (Å²) in [6, 6.07) is 9.09. The molecule has 0 spiro atoms. The van der Waals surface area contributed by atoms with E-state index in [-0.39, 0.29) is 6.04 Å². The van der Waals surface area contributed by atoms with Gasteiger partial charge in [0.2, 0.25) is 0 Å². The minimum Gasteiger partial charge on any atom is -0.497 e. The van der Waals surface area contributed by atoms with E-state index in [4.69, 9.17) is 19.6 Å². The average molecular weight is 261 g/mol. The third-order valence-corrected chi connectivity index (χ3v) is 3.11. The molecule has 0 saturated heterocycles. The summed E-state index contributed by atoms with van der Waals surface area (Å²) in [5, 5.41) is 0. The SMILES string of the molecule is CCc1ccc(C(N)c2ccc(OC)cc2OC)o1. The summed E-state index contributed by atoms with van der Waals surface area (Å²) in [7, 11) is 3.24. The number of methoxy groups -OCH3 is 2. The van der Waals surface area contributed by atoms with Gasteiger partial charge in [-0.25, -0.2) is 0 Å². The Balaban J connectivity index is 2.34. The van der Waals surface area contributed by atoms with Crippen molar-refractivity contribution >= 4 is 0 Å². The topological polar surface area (TPSA) is 57.6 Å². The van der Waals surface area contributed by atoms with Crippen LogP contribution in [0.1, 0.15) is 30.0 Å². The Morgan fingerprint density at radius 3 is 2.53 bits per heavy atom. The number of rotatable bonds is 5. The Kier molecular flexibility index (Phi) is 4.12. The Labute approximate surface area is 113 Å². The Morgan fingerprint density at radius 2 is 1.95 bits per heavy atom. The molecule has 19 heavy (non-hydrogen) atoms. The Hall–Kier alpha value is -1.94. The molecule has 102 valence electrons. The van der Waals surface area contributed by atoms with Crippen molar-refractivity contribution < 1.29 is 13.9 Å². The zero-order valence-electron chi connectivity index (χ0n) is 11.5. The molecule has 0 radical (unpaired) electrons. The minimum absolute atomic E-state index is 0.346. The van der Waals surface area contributed by atoms with Crippen molar-refractivity contribution in [2.24, 2.45) is 5.73 Å². The molecule has 0 amide bonds. The van der Waals surface area contributed by atoms with Crippen LogP contribution in [0.15, 0.2) is 34.7 Å². The van der Waals surface area contributed by atoms with Crippen LogP contribution in [0.25, 0.3) is 0 Å². The van der Waals surface area contributed by atoms with E-state index in [9.17, 15) is 0 Å². The summed E-state index contributed by atoms with van der Waals surface area (Å²) < 4.78 is 16.2. The zero-order chi connectivity index (χ0) is 13.8. The Morgan fingerprint density at radius 1 is 1.16 bits per heavy atom. The lowest BCUT2D eigenvalue weighted by Crippen LogP contribution is -2.12. The first-order valence-electron chi connectivity index (χ1n) is 6.25. The fraction of sp³-hybridized carbons (Fsp3) is 0.333. The number of nitrogens with two attached hydrogens (primary N) is 1. The molecule has 2 rings (SSSR count). The summed E-state index contributed by atoms with van der Waals surface area (Å²) >= 11 is 0. The van der Waals surface area contributed by atoms with Crippen molar-refractivity contribution in [1.82, 2.24) is 0 Å². The normalized spacial score (nSPS) is 12.2. The van der Waals surface area contributed by atoms with Crippen LogP contribution in [0.5, 0.6) is 11.5 Å². The summed E-state index contributed by atoms with van der Waals surface area (Å²) in [6.45, 7) is 2.04. The monoisotopic (exact) mass is 261 g/mol. The number of furan rings is 1. The molecule has 0 bridgehead atoms. The predicted octanol–water partition coefficient (Wildman–Crippen LogP) is 2.91. The van der Waals surface area contributed by atoms with Gasteiger partial charge in [0.25, 0.3) is 0 Å². The van der Waals surface area contributed by atoms with Gasteiger partial charge >= 0.3 is 0 Å². The molecule has 0 saturated carbocycles. The molecule has 1 atom stereocenters. The second kappa shape index (κ2) is 5.80. The first-order valence-corrected chi connectivity index (χ1v) is 6.25. The molecule has 2 N–H and O–H groups in total. The van der Waals surface area contributed by atoms with E-state index in [2.05, 4.69) is 0 Å². The van der Waals surface area contributed by atoms with Crippen LogP contribution in [0, 0.1) is 0 Å². The highest BCUT2D eigenvalue weighted by atomic mass is 16.5. The largest absolute Gasteiger partial charge is 0.497 e. The highest BCUT2D eigenvalue weighted by Crippen LogP contribution is 2.32. The van der Waals surface area contributed by atoms with Crippen molar-refractivity contribution in [2.75, 3.05) is 14.2 Å². The van der Waals surface area contributed by atoms with E-state index in [0.29, 0.717) is 5.75 Å². The van der Waals surface area contributed by atoms with Gasteiger partial charge in [0, 0.05) is 18.1 Å². The molecular weight excluding hydrogens is 242 g/mol. The molecule has 1 aromatic heterocycles. The highest BCUT2D eigenvalue weighted by Gasteiger charge is 2.18. The van der Waals surface area contributed by atoms with Crippen molar-refractivity contribution in [3.05, 3.63) is 47.4 Å². The third-order valence-electron chi connectivity index (χ3n) is 3.11. The third kappa shape index (κ3) is 2.74. The van der Waals surface area contributed by atoms with Crippen LogP contribution >= 0.6 is 0 Å². The molecule has 4 heteroatoms. The number of aryl methyl sites for hydroxylation is 1. The lowest BCUT2D eigenvalue weighted by molar-refractivity contribution is 0.386. The molecule has 1 aromatic carbocycles. The smallest absolute Gasteiger partial charge is 0.127 e. The van der Waals surface area contributed by atoms with E-state index in [1.807, 2.05) is 37.3 Å². The average Bonchev–Trinajstić information content (AvgIpc) is 2.94. The first kappa shape index (κ1) is 13.5. The second-order valence-corrected chi connectivity index (χ2v) is 4.24. The maximum atomic E-state index is 6.24. The molecule has 2 aromatic rings. The summed E-state index contributed by atoms with van der Waals surface area (Å²) in [4.78, 5) is 0. The molecule has 0 aliphatic heterocycles. The van der Waals surface area contributed by atoms with Crippen molar-refractivity contribution in [3.63, 3.8) is 0 Å². The van der Waals surface area contributed by atoms with Crippen LogP contribution in [-0.2, 0) is 6.42 Å². The minimum atomic E-state index is -0.346. The van der Waals surface area contributed by atoms with Crippen molar-refractivity contribution in [3.8, 4) is 11.5 Å². The van der Waals surface area contributed by atoms with Crippen molar-refractivity contribution in [1.29, 1.82) is 0 Å². The number of hydrogen-bond acceptors (Lipinski definition) is 4. The van der Waals surface area contributed by atoms with Gasteiger partial charge in [-0.3, -0.25) is 0 Å². The van der Waals surface area contributed by atoms with Crippen LogP contribution in [-0.4, -0.2) is 14.2 Å². The van der Waals surface area contributed by atoms with E-state index < -0.39 is 0 Å². The van der Waals surface area contributed by atoms with Crippen LogP contribution in [0.3, 0.4) is 0 Å². The maximum Gasteiger partial charge on any atom is 0.127 e. The van der Waals surface area contributed by atoms with E-state index in [0.717, 1.165) is 29.3 Å². The van der Waals surface area contributed by atoms with E-state index >= 15 is 0 Å². The number of hydrogen-bond donors (Lipinski definition) is 1. The van der Waals surface area contributed by atoms with E-state index in [1.54, 1.807) is 14.2 Å². The van der Waals surface area contributed by atoms with Crippen LogP contribution in [0.2, 0.25) is 0 Å². The van der Waals surface area contributed by atoms with Gasteiger partial charge in [0.05, 0.1) is 20.3 Å². The fourth-order valence-corrected chi connectivity index (χ4v) is 1.98. The first-order chi connectivity index (χ1) is 9.19. The summed E-state index contributed by atoms with van der Waals surface area (Å²) in [5.41, 5.74) is 7.11. The van der Waals surface area contributed by atoms with Gasteiger partial charge in [-0.1, -0.05) is 6.92 Å². The van der Waals surface area contributed by atoms with Gasteiger partial charge in [0.15, 0.2) is 0 Å². The highest BCUT2D eigenvalue weighted by molar-refractivity contribution is 5.44. The molecule has 1 heterocycles. The molecule has 0 aliphatic rings. The van der Waals surface area contributed by atoms with Gasteiger partial charge in [-0.15, -0.1) is 0 Å². The van der Waals surface area contributed by atoms with Gasteiger partial charge in [-0.05, 0) is 24.3 Å². The molecule has 1 unspecified atom stereocenters. The summed E-state index contributed by atoms with van der Waals surface area (Å²) in [5.74, 6) is 3.10. The van der Waals surface area contributed by atoms with Gasteiger partial charge in [0.1, 0.15) is 23.0 Å². The quantitative estimate of drug-likeness (QED) is 0.899. The van der Waals surface area contributed by atoms with E-state index in [1.165, 1.54) is 0 Å². The second-order valence-electron chi connectivity index (χ2n) is 4.24.